The Balaban J connectivity index is 1.37. The predicted molar refractivity (Wildman–Crippen MR) is 201 cm³/mol. The van der Waals surface area contributed by atoms with E-state index >= 15 is 0 Å². The second-order valence-electron chi connectivity index (χ2n) is 13.9. The van der Waals surface area contributed by atoms with E-state index in [1.54, 1.807) is 30.3 Å². The van der Waals surface area contributed by atoms with Crippen molar-refractivity contribution in [1.82, 2.24) is 34.9 Å². The maximum absolute atomic E-state index is 14.6. The number of likely N-dealkylation sites (tertiary alicyclic amines) is 1. The van der Waals surface area contributed by atoms with Gasteiger partial charge in [-0.15, -0.1) is 0 Å². The first-order valence-electron chi connectivity index (χ1n) is 17.6. The largest absolute Gasteiger partial charge is 0.364 e. The number of nitrogens with one attached hydrogen (secondary N) is 2. The second kappa shape index (κ2) is 14.9. The number of aryl methyl sites for hydroxylation is 2. The number of benzene rings is 1. The van der Waals surface area contributed by atoms with Crippen molar-refractivity contribution in [3.63, 3.8) is 0 Å². The summed E-state index contributed by atoms with van der Waals surface area (Å²) in [5.41, 5.74) is 9.19. The molecule has 4 N–H and O–H groups in total. The molecule has 0 spiro atoms. The molecule has 2 unspecified atom stereocenters. The smallest absolute Gasteiger partial charge is 0.269 e. The van der Waals surface area contributed by atoms with Crippen molar-refractivity contribution in [2.75, 3.05) is 11.9 Å². The molecule has 4 aromatic rings. The summed E-state index contributed by atoms with van der Waals surface area (Å²) in [6.45, 7) is 9.79. The van der Waals surface area contributed by atoms with E-state index in [-0.39, 0.29) is 41.9 Å². The summed E-state index contributed by atoms with van der Waals surface area (Å²) in [7, 11) is 0. The van der Waals surface area contributed by atoms with Crippen LogP contribution in [0.2, 0.25) is 0 Å². The zero-order valence-corrected chi connectivity index (χ0v) is 31.7. The third kappa shape index (κ3) is 7.08. The summed E-state index contributed by atoms with van der Waals surface area (Å²) in [6, 6.07) is 6.34. The van der Waals surface area contributed by atoms with Crippen LogP contribution in [0.15, 0.2) is 53.4 Å². The quantitative estimate of drug-likeness (QED) is 0.125. The summed E-state index contributed by atoms with van der Waals surface area (Å²) in [6.07, 6.45) is 10.4. The normalized spacial score (nSPS) is 20.7. The molecule has 1 aliphatic heterocycles. The number of allylic oxidation sites excluding steroid dienone is 2. The van der Waals surface area contributed by atoms with E-state index < -0.39 is 17.4 Å². The summed E-state index contributed by atoms with van der Waals surface area (Å²) >= 11 is 3.38. The molecule has 6 rings (SSSR count). The molecule has 4 atom stereocenters. The molecule has 3 aromatic heterocycles. The Morgan fingerprint density at radius 1 is 1.12 bits per heavy atom. The fraction of sp³-hybridized carbons (Fsp3) is 0.421. The number of pyridine rings is 1. The van der Waals surface area contributed by atoms with E-state index in [0.717, 1.165) is 35.1 Å². The molecule has 14 heteroatoms. The van der Waals surface area contributed by atoms with Crippen molar-refractivity contribution in [2.45, 2.75) is 85.4 Å². The Kier molecular flexibility index (Phi) is 10.6. The summed E-state index contributed by atoms with van der Waals surface area (Å²) < 4.78 is 2.10. The van der Waals surface area contributed by atoms with Crippen molar-refractivity contribution in [3.8, 4) is 11.1 Å². The van der Waals surface area contributed by atoms with Gasteiger partial charge in [0.05, 0.1) is 5.52 Å². The van der Waals surface area contributed by atoms with Gasteiger partial charge in [-0.05, 0) is 96.8 Å². The first-order chi connectivity index (χ1) is 24.9. The minimum atomic E-state index is -0.825. The number of rotatable bonds is 13. The van der Waals surface area contributed by atoms with Crippen LogP contribution in [0.1, 0.15) is 73.9 Å². The third-order valence-electron chi connectivity index (χ3n) is 10.5. The van der Waals surface area contributed by atoms with Crippen molar-refractivity contribution in [2.24, 2.45) is 17.1 Å². The van der Waals surface area contributed by atoms with E-state index in [9.17, 15) is 19.2 Å². The fourth-order valence-electron chi connectivity index (χ4n) is 7.57. The molecule has 1 saturated heterocycles. The molecule has 2 aliphatic rings. The van der Waals surface area contributed by atoms with Gasteiger partial charge in [0.1, 0.15) is 28.8 Å². The lowest BCUT2D eigenvalue weighted by atomic mass is 9.95. The number of piperidine rings is 1. The van der Waals surface area contributed by atoms with Gasteiger partial charge in [-0.2, -0.15) is 5.10 Å². The Bertz CT molecular complexity index is 2080. The number of hydrogen-bond acceptors (Lipinski definition) is 8. The van der Waals surface area contributed by atoms with Gasteiger partial charge < -0.3 is 21.3 Å². The number of fused-ring (bicyclic) bond motifs is 2. The highest BCUT2D eigenvalue weighted by atomic mass is 79.9. The summed E-state index contributed by atoms with van der Waals surface area (Å²) in [4.78, 5) is 68.9. The van der Waals surface area contributed by atoms with Crippen molar-refractivity contribution < 1.29 is 19.2 Å². The number of hydrogen-bond donors (Lipinski definition) is 3. The molecule has 272 valence electrons. The van der Waals surface area contributed by atoms with Crippen LogP contribution < -0.4 is 16.4 Å². The van der Waals surface area contributed by atoms with Crippen molar-refractivity contribution in [1.29, 1.82) is 0 Å². The molecule has 1 aliphatic carbocycles. The van der Waals surface area contributed by atoms with E-state index in [4.69, 9.17) is 5.73 Å². The van der Waals surface area contributed by atoms with Crippen LogP contribution in [0.4, 0.5) is 5.82 Å². The molecule has 13 nitrogen and oxygen atoms in total. The third-order valence-corrected chi connectivity index (χ3v) is 10.9. The fourth-order valence-corrected chi connectivity index (χ4v) is 7.88. The van der Waals surface area contributed by atoms with Gasteiger partial charge in [-0.25, -0.2) is 15.0 Å². The lowest BCUT2D eigenvalue weighted by Gasteiger charge is -2.28. The molecule has 2 fully saturated rings. The van der Waals surface area contributed by atoms with E-state index in [1.165, 1.54) is 4.68 Å². The predicted octanol–water partition coefficient (Wildman–Crippen LogP) is 5.04. The van der Waals surface area contributed by atoms with Crippen LogP contribution in [0.25, 0.3) is 22.0 Å². The Hall–Kier alpha value is -4.98. The maximum Gasteiger partial charge on any atom is 0.269 e. The highest BCUT2D eigenvalue weighted by molar-refractivity contribution is 9.10. The lowest BCUT2D eigenvalue weighted by molar-refractivity contribution is -0.139. The summed E-state index contributed by atoms with van der Waals surface area (Å²) in [5, 5.41) is 11.1. The zero-order chi connectivity index (χ0) is 37.3. The SMILES string of the molecule is C/C=C/Cc1cc(-c2cnc(C)nc2)cc2c(C(N)=O)nn(CC(=O)N3C4C(C)[C@]4(CNC(=O)CCCC)C[C@H]3C(=O)Nc3nc(Br)ccc3C)c12. The molecular weight excluding hydrogens is 726 g/mol. The zero-order valence-electron chi connectivity index (χ0n) is 30.1. The van der Waals surface area contributed by atoms with Crippen LogP contribution in [0, 0.1) is 25.2 Å². The minimum Gasteiger partial charge on any atom is -0.364 e. The first-order valence-corrected chi connectivity index (χ1v) is 18.4. The number of anilines is 1. The standard InChI is InChI=1S/C38H44BrN9O4/c1-6-8-10-24-14-25(26-17-41-23(5)42-18-26)15-27-32(35(40)51)46-47(33(24)27)19-31(50)48-28(37(52)45-36-21(3)12-13-29(39)44-36)16-38(22(4)34(38)48)20-43-30(49)11-9-7-2/h6,8,12-15,17-18,22,28,34H,7,9-11,16,19-20H2,1-5H3,(H2,40,51)(H,43,49)(H,44,45,52)/b8-6+/t22?,28-,34?,38+/m0/s1. The number of primary amides is 1. The number of amides is 4. The molecule has 0 bridgehead atoms. The lowest BCUT2D eigenvalue weighted by Crippen LogP contribution is -2.47. The number of nitrogens with zero attached hydrogens (tertiary/aromatic N) is 6. The number of halogens is 1. The van der Waals surface area contributed by atoms with Gasteiger partial charge in [0.15, 0.2) is 5.69 Å². The van der Waals surface area contributed by atoms with E-state index in [0.29, 0.717) is 53.0 Å². The molecule has 52 heavy (non-hydrogen) atoms. The van der Waals surface area contributed by atoms with Crippen LogP contribution in [-0.4, -0.2) is 71.9 Å². The Labute approximate surface area is 311 Å². The Morgan fingerprint density at radius 3 is 2.56 bits per heavy atom. The van der Waals surface area contributed by atoms with E-state index in [2.05, 4.69) is 53.5 Å². The van der Waals surface area contributed by atoms with Crippen molar-refractivity contribution >= 4 is 56.3 Å². The van der Waals surface area contributed by atoms with Gasteiger partial charge >= 0.3 is 0 Å². The van der Waals surface area contributed by atoms with Crippen LogP contribution >= 0.6 is 15.9 Å². The maximum atomic E-state index is 14.6. The molecule has 0 radical (unpaired) electrons. The molecular formula is C38H44BrN9O4. The number of unbranched alkanes of at least 4 members (excludes halogenated alkanes) is 1. The average molecular weight is 771 g/mol. The van der Waals surface area contributed by atoms with Crippen LogP contribution in [0.3, 0.4) is 0 Å². The summed E-state index contributed by atoms with van der Waals surface area (Å²) in [5.74, 6) is -0.392. The van der Waals surface area contributed by atoms with E-state index in [1.807, 2.05) is 51.1 Å². The van der Waals surface area contributed by atoms with Gasteiger partial charge in [0, 0.05) is 47.8 Å². The highest BCUT2D eigenvalue weighted by Crippen LogP contribution is 2.64. The second-order valence-corrected chi connectivity index (χ2v) is 14.7. The van der Waals surface area contributed by atoms with Crippen molar-refractivity contribution in [3.05, 3.63) is 76.1 Å². The monoisotopic (exact) mass is 769 g/mol. The Morgan fingerprint density at radius 2 is 1.87 bits per heavy atom. The van der Waals surface area contributed by atoms with Gasteiger partial charge in [-0.1, -0.05) is 38.5 Å². The van der Waals surface area contributed by atoms with Crippen LogP contribution in [-0.2, 0) is 27.3 Å². The number of aromatic nitrogens is 5. The minimum absolute atomic E-state index is 0.0373. The van der Waals surface area contributed by atoms with Gasteiger partial charge in [0.25, 0.3) is 5.91 Å². The number of carbonyl (C=O) groups is 4. The first kappa shape index (κ1) is 36.8. The molecule has 1 aromatic carbocycles. The topological polar surface area (TPSA) is 178 Å². The highest BCUT2D eigenvalue weighted by Gasteiger charge is 2.72. The van der Waals surface area contributed by atoms with Gasteiger partial charge in [-0.3, -0.25) is 23.9 Å². The van der Waals surface area contributed by atoms with Gasteiger partial charge in [0.2, 0.25) is 17.7 Å². The average Bonchev–Trinajstić information content (AvgIpc) is 3.37. The van der Waals surface area contributed by atoms with Crippen LogP contribution in [0.5, 0.6) is 0 Å². The molecule has 4 amide bonds. The number of carbonyl (C=O) groups excluding carboxylic acids is 4. The number of nitrogens with two attached hydrogens (primary N) is 1. The molecule has 1 saturated carbocycles. The molecule has 4 heterocycles.